The van der Waals surface area contributed by atoms with Gasteiger partial charge in [-0.3, -0.25) is 0 Å². The van der Waals surface area contributed by atoms with Crippen LogP contribution in [0.15, 0.2) is 29.2 Å². The van der Waals surface area contributed by atoms with Gasteiger partial charge < -0.3 is 5.32 Å². The summed E-state index contributed by atoms with van der Waals surface area (Å²) in [6.45, 7) is 2.33. The molecule has 1 aromatic rings. The zero-order valence-corrected chi connectivity index (χ0v) is 11.7. The summed E-state index contributed by atoms with van der Waals surface area (Å²) in [7, 11) is 0. The zero-order valence-electron chi connectivity index (χ0n) is 10.9. The molecule has 0 aromatic heterocycles. The third-order valence-corrected chi connectivity index (χ3v) is 4.58. The highest BCUT2D eigenvalue weighted by molar-refractivity contribution is 7.98. The van der Waals surface area contributed by atoms with Crippen molar-refractivity contribution in [2.45, 2.75) is 50.0 Å². The normalized spacial score (nSPS) is 18.9. The Bertz CT molecular complexity index is 327. The molecule has 17 heavy (non-hydrogen) atoms. The highest BCUT2D eigenvalue weighted by Crippen LogP contribution is 2.28. The molecule has 1 unspecified atom stereocenters. The summed E-state index contributed by atoms with van der Waals surface area (Å²) in [5.41, 5.74) is 1.26. The maximum absolute atomic E-state index is 3.65. The lowest BCUT2D eigenvalue weighted by molar-refractivity contribution is 0.328. The van der Waals surface area contributed by atoms with Crippen molar-refractivity contribution in [3.63, 3.8) is 0 Å². The quantitative estimate of drug-likeness (QED) is 0.770. The number of anilines is 1. The van der Waals surface area contributed by atoms with Crippen LogP contribution >= 0.6 is 11.8 Å². The minimum Gasteiger partial charge on any atom is -0.382 e. The van der Waals surface area contributed by atoms with Gasteiger partial charge in [0.05, 0.1) is 0 Å². The van der Waals surface area contributed by atoms with Gasteiger partial charge in [0.25, 0.3) is 0 Å². The fourth-order valence-electron chi connectivity index (χ4n) is 2.70. The average molecular weight is 249 g/mol. The molecule has 1 saturated carbocycles. The molecule has 0 heterocycles. The van der Waals surface area contributed by atoms with E-state index in [0.717, 1.165) is 5.92 Å². The van der Waals surface area contributed by atoms with E-state index in [9.17, 15) is 0 Å². The molecular formula is C15H23NS. The summed E-state index contributed by atoms with van der Waals surface area (Å²) in [5, 5.41) is 3.65. The number of rotatable bonds is 4. The van der Waals surface area contributed by atoms with E-state index in [-0.39, 0.29) is 0 Å². The van der Waals surface area contributed by atoms with E-state index in [2.05, 4.69) is 42.8 Å². The molecule has 1 fully saturated rings. The molecule has 1 aliphatic carbocycles. The van der Waals surface area contributed by atoms with Gasteiger partial charge in [0.1, 0.15) is 0 Å². The maximum atomic E-state index is 3.65. The summed E-state index contributed by atoms with van der Waals surface area (Å²) in [6.07, 6.45) is 9.19. The highest BCUT2D eigenvalue weighted by Gasteiger charge is 2.19. The van der Waals surface area contributed by atoms with Gasteiger partial charge in [0.15, 0.2) is 0 Å². The van der Waals surface area contributed by atoms with Crippen LogP contribution in [0.2, 0.25) is 0 Å². The second kappa shape index (κ2) is 6.34. The van der Waals surface area contributed by atoms with Gasteiger partial charge in [0, 0.05) is 16.6 Å². The molecule has 2 rings (SSSR count). The summed E-state index contributed by atoms with van der Waals surface area (Å²) in [4.78, 5) is 1.33. The molecule has 0 spiro atoms. The number of benzene rings is 1. The summed E-state index contributed by atoms with van der Waals surface area (Å²) in [6, 6.07) is 9.40. The van der Waals surface area contributed by atoms with Crippen molar-refractivity contribution in [1.29, 1.82) is 0 Å². The molecule has 1 aromatic carbocycles. The monoisotopic (exact) mass is 249 g/mol. The highest BCUT2D eigenvalue weighted by atomic mass is 32.2. The van der Waals surface area contributed by atoms with E-state index in [1.54, 1.807) is 11.8 Å². The molecule has 94 valence electrons. The molecular weight excluding hydrogens is 226 g/mol. The predicted octanol–water partition coefficient (Wildman–Crippen LogP) is 4.79. The number of hydrogen-bond acceptors (Lipinski definition) is 2. The first kappa shape index (κ1) is 12.8. The largest absolute Gasteiger partial charge is 0.382 e. The SMILES string of the molecule is CSc1ccc(NC(C)C2CCCCC2)cc1. The van der Waals surface area contributed by atoms with Crippen molar-refractivity contribution < 1.29 is 0 Å². The molecule has 1 nitrogen and oxygen atoms in total. The minimum atomic E-state index is 0.607. The van der Waals surface area contributed by atoms with Crippen LogP contribution in [-0.4, -0.2) is 12.3 Å². The fraction of sp³-hybridized carbons (Fsp3) is 0.600. The lowest BCUT2D eigenvalue weighted by Gasteiger charge is -2.29. The van der Waals surface area contributed by atoms with Crippen LogP contribution in [-0.2, 0) is 0 Å². The Labute approximate surface area is 109 Å². The zero-order chi connectivity index (χ0) is 12.1. The maximum Gasteiger partial charge on any atom is 0.0343 e. The molecule has 1 atom stereocenters. The van der Waals surface area contributed by atoms with Crippen LogP contribution in [0.3, 0.4) is 0 Å². The van der Waals surface area contributed by atoms with Gasteiger partial charge in [-0.2, -0.15) is 0 Å². The predicted molar refractivity (Wildman–Crippen MR) is 77.9 cm³/mol. The Morgan fingerprint density at radius 2 is 1.76 bits per heavy atom. The standard InChI is InChI=1S/C15H23NS/c1-12(13-6-4-3-5-7-13)16-14-8-10-15(17-2)11-9-14/h8-13,16H,3-7H2,1-2H3. The van der Waals surface area contributed by atoms with Gasteiger partial charge in [0.2, 0.25) is 0 Å². The third kappa shape index (κ3) is 3.67. The van der Waals surface area contributed by atoms with Crippen molar-refractivity contribution in [3.8, 4) is 0 Å². The van der Waals surface area contributed by atoms with E-state index < -0.39 is 0 Å². The Kier molecular flexibility index (Phi) is 4.78. The van der Waals surface area contributed by atoms with E-state index in [4.69, 9.17) is 0 Å². The smallest absolute Gasteiger partial charge is 0.0343 e. The van der Waals surface area contributed by atoms with Gasteiger partial charge in [-0.05, 0) is 56.2 Å². The van der Waals surface area contributed by atoms with E-state index >= 15 is 0 Å². The van der Waals surface area contributed by atoms with Crippen molar-refractivity contribution in [3.05, 3.63) is 24.3 Å². The second-order valence-corrected chi connectivity index (χ2v) is 5.94. The van der Waals surface area contributed by atoms with E-state index in [0.29, 0.717) is 6.04 Å². The lowest BCUT2D eigenvalue weighted by Crippen LogP contribution is -2.27. The summed E-state index contributed by atoms with van der Waals surface area (Å²) >= 11 is 1.80. The van der Waals surface area contributed by atoms with Crippen LogP contribution < -0.4 is 5.32 Å². The van der Waals surface area contributed by atoms with E-state index in [1.807, 2.05) is 0 Å². The summed E-state index contributed by atoms with van der Waals surface area (Å²) in [5.74, 6) is 0.865. The molecule has 0 saturated heterocycles. The number of hydrogen-bond donors (Lipinski definition) is 1. The van der Waals surface area contributed by atoms with Crippen LogP contribution in [0.5, 0.6) is 0 Å². The third-order valence-electron chi connectivity index (χ3n) is 3.84. The average Bonchev–Trinajstić information content (AvgIpc) is 2.40. The first-order valence-corrected chi connectivity index (χ1v) is 7.92. The van der Waals surface area contributed by atoms with Crippen LogP contribution in [0.25, 0.3) is 0 Å². The molecule has 2 heteroatoms. The topological polar surface area (TPSA) is 12.0 Å². The minimum absolute atomic E-state index is 0.607. The van der Waals surface area contributed by atoms with Crippen molar-refractivity contribution in [1.82, 2.24) is 0 Å². The van der Waals surface area contributed by atoms with Crippen LogP contribution in [0.4, 0.5) is 5.69 Å². The number of nitrogens with one attached hydrogen (secondary N) is 1. The Balaban J connectivity index is 1.89. The Hall–Kier alpha value is -0.630. The lowest BCUT2D eigenvalue weighted by atomic mass is 9.84. The van der Waals surface area contributed by atoms with Crippen LogP contribution in [0, 0.1) is 5.92 Å². The Morgan fingerprint density at radius 1 is 1.12 bits per heavy atom. The molecule has 1 aliphatic rings. The first-order chi connectivity index (χ1) is 8.29. The van der Waals surface area contributed by atoms with Gasteiger partial charge in [-0.1, -0.05) is 19.3 Å². The van der Waals surface area contributed by atoms with Crippen LogP contribution in [0.1, 0.15) is 39.0 Å². The van der Waals surface area contributed by atoms with Crippen molar-refractivity contribution in [2.75, 3.05) is 11.6 Å². The molecule has 0 bridgehead atoms. The first-order valence-electron chi connectivity index (χ1n) is 6.70. The fourth-order valence-corrected chi connectivity index (χ4v) is 3.11. The second-order valence-electron chi connectivity index (χ2n) is 5.06. The van der Waals surface area contributed by atoms with Crippen molar-refractivity contribution in [2.24, 2.45) is 5.92 Å². The van der Waals surface area contributed by atoms with Gasteiger partial charge in [-0.25, -0.2) is 0 Å². The molecule has 1 N–H and O–H groups in total. The summed E-state index contributed by atoms with van der Waals surface area (Å²) < 4.78 is 0. The van der Waals surface area contributed by atoms with Gasteiger partial charge >= 0.3 is 0 Å². The van der Waals surface area contributed by atoms with Crippen molar-refractivity contribution >= 4 is 17.4 Å². The molecule has 0 amide bonds. The number of thioether (sulfide) groups is 1. The van der Waals surface area contributed by atoms with E-state index in [1.165, 1.54) is 42.7 Å². The molecule has 0 radical (unpaired) electrons. The Morgan fingerprint density at radius 3 is 2.35 bits per heavy atom. The van der Waals surface area contributed by atoms with Gasteiger partial charge in [-0.15, -0.1) is 11.8 Å². The molecule has 0 aliphatic heterocycles.